The van der Waals surface area contributed by atoms with Crippen molar-refractivity contribution in [3.05, 3.63) is 18.5 Å². The van der Waals surface area contributed by atoms with Crippen LogP contribution >= 0.6 is 0 Å². The summed E-state index contributed by atoms with van der Waals surface area (Å²) in [6, 6.07) is 1.64. The van der Waals surface area contributed by atoms with Gasteiger partial charge in [-0.2, -0.15) is 5.10 Å². The van der Waals surface area contributed by atoms with Crippen LogP contribution < -0.4 is 0 Å². The smallest absolute Gasteiger partial charge is 0.149 e. The number of hydrogen-bond acceptors (Lipinski definition) is 3. The van der Waals surface area contributed by atoms with Crippen molar-refractivity contribution >= 4 is 9.84 Å². The van der Waals surface area contributed by atoms with Crippen LogP contribution in [0.3, 0.4) is 0 Å². The van der Waals surface area contributed by atoms with E-state index in [-0.39, 0.29) is 5.75 Å². The summed E-state index contributed by atoms with van der Waals surface area (Å²) in [5, 5.41) is 3.75. The van der Waals surface area contributed by atoms with Crippen molar-refractivity contribution in [1.82, 2.24) is 9.78 Å². The van der Waals surface area contributed by atoms with E-state index >= 15 is 0 Å². The molecule has 0 atom stereocenters. The zero-order chi connectivity index (χ0) is 8.32. The van der Waals surface area contributed by atoms with Gasteiger partial charge in [0, 0.05) is 12.5 Å². The second-order valence-corrected chi connectivity index (χ2v) is 4.60. The molecule has 1 aromatic rings. The van der Waals surface area contributed by atoms with Crippen LogP contribution in [0.5, 0.6) is 0 Å². The number of hydrogen-bond donors (Lipinski definition) is 0. The largest absolute Gasteiger partial charge is 0.271 e. The van der Waals surface area contributed by atoms with Crippen molar-refractivity contribution in [2.45, 2.75) is 6.54 Å². The maximum absolute atomic E-state index is 10.7. The molecule has 11 heavy (non-hydrogen) atoms. The van der Waals surface area contributed by atoms with Crippen LogP contribution in [0, 0.1) is 6.20 Å². The first-order chi connectivity index (χ1) is 5.08. The molecule has 1 rings (SSSR count). The van der Waals surface area contributed by atoms with Crippen molar-refractivity contribution < 1.29 is 8.42 Å². The molecule has 0 saturated heterocycles. The minimum absolute atomic E-state index is 0.127. The van der Waals surface area contributed by atoms with E-state index < -0.39 is 9.84 Å². The molecule has 0 aromatic carbocycles. The van der Waals surface area contributed by atoms with Crippen LogP contribution in [0.4, 0.5) is 0 Å². The lowest BCUT2D eigenvalue weighted by molar-refractivity contribution is 0.586. The number of nitrogens with zero attached hydrogens (tertiary/aromatic N) is 2. The van der Waals surface area contributed by atoms with Gasteiger partial charge in [-0.05, 0) is 6.07 Å². The van der Waals surface area contributed by atoms with Gasteiger partial charge in [0.1, 0.15) is 16.0 Å². The van der Waals surface area contributed by atoms with Gasteiger partial charge in [0.2, 0.25) is 0 Å². The Hall–Kier alpha value is -0.840. The molecule has 0 saturated carbocycles. The molecule has 0 aliphatic heterocycles. The second kappa shape index (κ2) is 3.04. The fourth-order valence-electron chi connectivity index (χ4n) is 0.644. The number of rotatable bonds is 3. The molecule has 61 valence electrons. The first-order valence-electron chi connectivity index (χ1n) is 3.15. The van der Waals surface area contributed by atoms with E-state index in [9.17, 15) is 8.42 Å². The molecule has 0 aliphatic carbocycles. The molecule has 4 nitrogen and oxygen atoms in total. The topological polar surface area (TPSA) is 52.0 Å². The van der Waals surface area contributed by atoms with E-state index in [1.54, 1.807) is 16.9 Å². The van der Waals surface area contributed by atoms with Crippen LogP contribution in [0.15, 0.2) is 12.3 Å². The van der Waals surface area contributed by atoms with Gasteiger partial charge >= 0.3 is 0 Å². The van der Waals surface area contributed by atoms with Gasteiger partial charge < -0.3 is 0 Å². The molecule has 0 N–H and O–H groups in total. The zero-order valence-electron chi connectivity index (χ0n) is 6.19. The minimum Gasteiger partial charge on any atom is -0.271 e. The highest BCUT2D eigenvalue weighted by Crippen LogP contribution is 1.88. The average Bonchev–Trinajstić information content (AvgIpc) is 2.32. The highest BCUT2D eigenvalue weighted by molar-refractivity contribution is 7.90. The van der Waals surface area contributed by atoms with Crippen LogP contribution in [-0.2, 0) is 16.4 Å². The molecule has 0 amide bonds. The van der Waals surface area contributed by atoms with Gasteiger partial charge in [0.05, 0.1) is 12.3 Å². The van der Waals surface area contributed by atoms with E-state index in [1.807, 2.05) is 0 Å². The molecular weight excluding hydrogens is 164 g/mol. The minimum atomic E-state index is -2.87. The van der Waals surface area contributed by atoms with Crippen LogP contribution in [-0.4, -0.2) is 30.2 Å². The van der Waals surface area contributed by atoms with E-state index in [1.165, 1.54) is 6.26 Å². The van der Waals surface area contributed by atoms with E-state index in [0.717, 1.165) is 0 Å². The lowest BCUT2D eigenvalue weighted by Crippen LogP contribution is -2.11. The third kappa shape index (κ3) is 3.18. The molecule has 0 spiro atoms. The summed E-state index contributed by atoms with van der Waals surface area (Å²) >= 11 is 0. The van der Waals surface area contributed by atoms with Crippen molar-refractivity contribution in [2.24, 2.45) is 0 Å². The summed E-state index contributed by atoms with van der Waals surface area (Å²) in [5.41, 5.74) is 0. The third-order valence-electron chi connectivity index (χ3n) is 1.20. The van der Waals surface area contributed by atoms with E-state index in [2.05, 4.69) is 11.3 Å². The predicted octanol–water partition coefficient (Wildman–Crippen LogP) is -0.272. The first kappa shape index (κ1) is 8.26. The summed E-state index contributed by atoms with van der Waals surface area (Å²) in [4.78, 5) is 0. The molecule has 0 unspecified atom stereocenters. The predicted molar refractivity (Wildman–Crippen MR) is 40.8 cm³/mol. The SMILES string of the molecule is CS(=O)(=O)CCn1cc[c]n1. The average molecular weight is 173 g/mol. The Morgan fingerprint density at radius 2 is 2.36 bits per heavy atom. The normalized spacial score (nSPS) is 11.7. The summed E-state index contributed by atoms with van der Waals surface area (Å²) in [6.07, 6.45) is 5.48. The number of aromatic nitrogens is 2. The Morgan fingerprint density at radius 1 is 1.64 bits per heavy atom. The van der Waals surface area contributed by atoms with Gasteiger partial charge in [-0.15, -0.1) is 0 Å². The summed E-state index contributed by atoms with van der Waals surface area (Å²) < 4.78 is 22.9. The van der Waals surface area contributed by atoms with E-state index in [0.29, 0.717) is 6.54 Å². The Kier molecular flexibility index (Phi) is 2.28. The molecule has 5 heteroatoms. The quantitative estimate of drug-likeness (QED) is 0.632. The van der Waals surface area contributed by atoms with Crippen molar-refractivity contribution in [2.75, 3.05) is 12.0 Å². The van der Waals surface area contributed by atoms with Gasteiger partial charge in [0.15, 0.2) is 0 Å². The maximum atomic E-state index is 10.7. The Bertz CT molecular complexity index is 301. The van der Waals surface area contributed by atoms with Gasteiger partial charge in [-0.3, -0.25) is 4.68 Å². The first-order valence-corrected chi connectivity index (χ1v) is 5.21. The zero-order valence-corrected chi connectivity index (χ0v) is 7.00. The van der Waals surface area contributed by atoms with Crippen LogP contribution in [0.25, 0.3) is 0 Å². The maximum Gasteiger partial charge on any atom is 0.149 e. The molecule has 0 fully saturated rings. The Balaban J connectivity index is 2.48. The molecule has 0 bridgehead atoms. The Morgan fingerprint density at radius 3 is 2.82 bits per heavy atom. The monoisotopic (exact) mass is 173 g/mol. The van der Waals surface area contributed by atoms with Crippen molar-refractivity contribution in [1.29, 1.82) is 0 Å². The number of aryl methyl sites for hydroxylation is 1. The third-order valence-corrected chi connectivity index (χ3v) is 2.12. The van der Waals surface area contributed by atoms with Crippen molar-refractivity contribution in [3.8, 4) is 0 Å². The fourth-order valence-corrected chi connectivity index (χ4v) is 1.16. The van der Waals surface area contributed by atoms with Crippen LogP contribution in [0.1, 0.15) is 0 Å². The highest BCUT2D eigenvalue weighted by Gasteiger charge is 2.01. The van der Waals surface area contributed by atoms with Crippen molar-refractivity contribution in [3.63, 3.8) is 0 Å². The number of sulfone groups is 1. The summed E-state index contributed by atoms with van der Waals surface area (Å²) in [5.74, 6) is 0.127. The summed E-state index contributed by atoms with van der Waals surface area (Å²) in [6.45, 7) is 0.405. The molecule has 1 heterocycles. The van der Waals surface area contributed by atoms with Gasteiger partial charge in [-0.1, -0.05) is 0 Å². The standard InChI is InChI=1S/C6H9N2O2S/c1-11(9,10)6-5-8-4-2-3-7-8/h2,4H,5-6H2,1H3. The summed E-state index contributed by atoms with van der Waals surface area (Å²) in [7, 11) is -2.87. The highest BCUT2D eigenvalue weighted by atomic mass is 32.2. The Labute approximate surface area is 65.8 Å². The molecule has 1 aromatic heterocycles. The fraction of sp³-hybridized carbons (Fsp3) is 0.500. The molecular formula is C6H9N2O2S. The lowest BCUT2D eigenvalue weighted by Gasteiger charge is -1.97. The van der Waals surface area contributed by atoms with Crippen LogP contribution in [0.2, 0.25) is 0 Å². The van der Waals surface area contributed by atoms with E-state index in [4.69, 9.17) is 0 Å². The molecule has 1 radical (unpaired) electrons. The molecule has 0 aliphatic rings. The second-order valence-electron chi connectivity index (χ2n) is 2.34. The van der Waals surface area contributed by atoms with Gasteiger partial charge in [-0.25, -0.2) is 8.42 Å². The van der Waals surface area contributed by atoms with Gasteiger partial charge in [0.25, 0.3) is 0 Å². The lowest BCUT2D eigenvalue weighted by atomic mass is 10.7.